The van der Waals surface area contributed by atoms with E-state index in [1.54, 1.807) is 0 Å². The van der Waals surface area contributed by atoms with E-state index in [0.717, 1.165) is 35.4 Å². The van der Waals surface area contributed by atoms with Crippen molar-refractivity contribution in [2.24, 2.45) is 5.92 Å². The zero-order chi connectivity index (χ0) is 19.2. The molecule has 28 heavy (non-hydrogen) atoms. The highest BCUT2D eigenvalue weighted by Gasteiger charge is 2.20. The van der Waals surface area contributed by atoms with E-state index in [1.165, 1.54) is 24.8 Å². The van der Waals surface area contributed by atoms with Crippen molar-refractivity contribution in [3.8, 4) is 0 Å². The summed E-state index contributed by atoms with van der Waals surface area (Å²) in [6, 6.07) is 20.6. The lowest BCUT2D eigenvalue weighted by molar-refractivity contribution is 0.402. The summed E-state index contributed by atoms with van der Waals surface area (Å²) in [5.74, 6) is 2.39. The Morgan fingerprint density at radius 3 is 2.50 bits per heavy atom. The minimum Gasteiger partial charge on any atom is -0.356 e. The van der Waals surface area contributed by atoms with E-state index in [2.05, 4.69) is 45.5 Å². The Morgan fingerprint density at radius 1 is 0.964 bits per heavy atom. The van der Waals surface area contributed by atoms with Crippen molar-refractivity contribution in [1.82, 2.24) is 9.97 Å². The van der Waals surface area contributed by atoms with Crippen molar-refractivity contribution >= 4 is 23.4 Å². The summed E-state index contributed by atoms with van der Waals surface area (Å²) >= 11 is 6.23. The second-order valence-electron chi connectivity index (χ2n) is 7.30. The van der Waals surface area contributed by atoms with Crippen molar-refractivity contribution in [3.05, 3.63) is 83.0 Å². The van der Waals surface area contributed by atoms with Crippen LogP contribution in [0.4, 0.5) is 11.8 Å². The Balaban J connectivity index is 1.33. The molecule has 2 heterocycles. The summed E-state index contributed by atoms with van der Waals surface area (Å²) in [4.78, 5) is 11.4. The standard InChI is InChI=1S/C23H25ClN4/c24-21-9-5-4-8-20(21)17-26-23-25-13-10-22(27-23)28-14-11-19(12-15-28)16-18-6-2-1-3-7-18/h1-10,13,19H,11-12,14-17H2,(H,25,26,27). The van der Waals surface area contributed by atoms with Crippen LogP contribution in [0.1, 0.15) is 24.0 Å². The Hall–Kier alpha value is -2.59. The van der Waals surface area contributed by atoms with E-state index in [4.69, 9.17) is 16.6 Å². The Labute approximate surface area is 171 Å². The highest BCUT2D eigenvalue weighted by molar-refractivity contribution is 6.31. The largest absolute Gasteiger partial charge is 0.356 e. The molecule has 0 unspecified atom stereocenters. The molecular weight excluding hydrogens is 368 g/mol. The molecule has 4 nitrogen and oxygen atoms in total. The number of nitrogens with one attached hydrogen (secondary N) is 1. The van der Waals surface area contributed by atoms with E-state index in [9.17, 15) is 0 Å². The first-order chi connectivity index (χ1) is 13.8. The molecular formula is C23H25ClN4. The molecule has 0 saturated carbocycles. The van der Waals surface area contributed by atoms with Crippen LogP contribution in [-0.2, 0) is 13.0 Å². The first-order valence-electron chi connectivity index (χ1n) is 9.87. The van der Waals surface area contributed by atoms with Gasteiger partial charge in [-0.3, -0.25) is 0 Å². The average Bonchev–Trinajstić information content (AvgIpc) is 2.75. The van der Waals surface area contributed by atoms with Gasteiger partial charge in [-0.1, -0.05) is 60.1 Å². The average molecular weight is 393 g/mol. The number of anilines is 2. The molecule has 1 aromatic heterocycles. The Morgan fingerprint density at radius 2 is 1.71 bits per heavy atom. The summed E-state index contributed by atoms with van der Waals surface area (Å²) in [5.41, 5.74) is 2.48. The van der Waals surface area contributed by atoms with E-state index in [0.29, 0.717) is 12.5 Å². The van der Waals surface area contributed by atoms with Crippen LogP contribution in [0.15, 0.2) is 66.9 Å². The van der Waals surface area contributed by atoms with Gasteiger partial charge in [0.2, 0.25) is 5.95 Å². The first-order valence-corrected chi connectivity index (χ1v) is 10.2. The molecule has 3 aromatic rings. The van der Waals surface area contributed by atoms with Crippen molar-refractivity contribution in [2.45, 2.75) is 25.8 Å². The summed E-state index contributed by atoms with van der Waals surface area (Å²) in [5, 5.41) is 4.05. The van der Waals surface area contributed by atoms with Crippen molar-refractivity contribution in [2.75, 3.05) is 23.3 Å². The van der Waals surface area contributed by atoms with E-state index >= 15 is 0 Å². The van der Waals surface area contributed by atoms with Crippen LogP contribution < -0.4 is 10.2 Å². The molecule has 0 aliphatic carbocycles. The fourth-order valence-corrected chi connectivity index (χ4v) is 3.94. The molecule has 1 N–H and O–H groups in total. The summed E-state index contributed by atoms with van der Waals surface area (Å²) in [6.07, 6.45) is 5.39. The minimum atomic E-state index is 0.613. The highest BCUT2D eigenvalue weighted by Crippen LogP contribution is 2.25. The summed E-state index contributed by atoms with van der Waals surface area (Å²) in [7, 11) is 0. The molecule has 4 rings (SSSR count). The SMILES string of the molecule is Clc1ccccc1CNc1nccc(N2CCC(Cc3ccccc3)CC2)n1. The highest BCUT2D eigenvalue weighted by atomic mass is 35.5. The molecule has 1 fully saturated rings. The van der Waals surface area contributed by atoms with Gasteiger partial charge in [0.1, 0.15) is 5.82 Å². The second-order valence-corrected chi connectivity index (χ2v) is 7.71. The normalized spacial score (nSPS) is 14.8. The first kappa shape index (κ1) is 18.8. The van der Waals surface area contributed by atoms with Crippen LogP contribution in [0, 0.1) is 5.92 Å². The van der Waals surface area contributed by atoms with Gasteiger partial charge in [-0.2, -0.15) is 4.98 Å². The molecule has 2 aromatic carbocycles. The third-order valence-electron chi connectivity index (χ3n) is 5.34. The Kier molecular flexibility index (Phi) is 6.07. The summed E-state index contributed by atoms with van der Waals surface area (Å²) in [6.45, 7) is 2.69. The molecule has 0 atom stereocenters. The number of hydrogen-bond donors (Lipinski definition) is 1. The number of benzene rings is 2. The van der Waals surface area contributed by atoms with Crippen LogP contribution in [0.25, 0.3) is 0 Å². The van der Waals surface area contributed by atoms with Gasteiger partial charge in [-0.25, -0.2) is 4.98 Å². The van der Waals surface area contributed by atoms with E-state index in [1.807, 2.05) is 36.5 Å². The monoisotopic (exact) mass is 392 g/mol. The maximum atomic E-state index is 6.23. The zero-order valence-electron chi connectivity index (χ0n) is 15.9. The minimum absolute atomic E-state index is 0.613. The molecule has 1 saturated heterocycles. The van der Waals surface area contributed by atoms with Crippen LogP contribution in [0.5, 0.6) is 0 Å². The maximum Gasteiger partial charge on any atom is 0.224 e. The number of aromatic nitrogens is 2. The van der Waals surface area contributed by atoms with Crippen molar-refractivity contribution in [1.29, 1.82) is 0 Å². The fourth-order valence-electron chi connectivity index (χ4n) is 3.74. The predicted octanol–water partition coefficient (Wildman–Crippen LogP) is 5.20. The molecule has 0 bridgehead atoms. The second kappa shape index (κ2) is 9.07. The third kappa shape index (κ3) is 4.82. The lowest BCUT2D eigenvalue weighted by Gasteiger charge is -2.33. The van der Waals surface area contributed by atoms with Gasteiger partial charge >= 0.3 is 0 Å². The van der Waals surface area contributed by atoms with Gasteiger partial charge < -0.3 is 10.2 Å². The third-order valence-corrected chi connectivity index (χ3v) is 5.71. The smallest absolute Gasteiger partial charge is 0.224 e. The quantitative estimate of drug-likeness (QED) is 0.625. The lowest BCUT2D eigenvalue weighted by atomic mass is 9.90. The van der Waals surface area contributed by atoms with E-state index in [-0.39, 0.29) is 0 Å². The molecule has 5 heteroatoms. The molecule has 1 aliphatic heterocycles. The van der Waals surface area contributed by atoms with Gasteiger partial charge in [-0.05, 0) is 48.4 Å². The molecule has 0 amide bonds. The van der Waals surface area contributed by atoms with Gasteiger partial charge in [0.25, 0.3) is 0 Å². The van der Waals surface area contributed by atoms with Gasteiger partial charge in [0.15, 0.2) is 0 Å². The van der Waals surface area contributed by atoms with Crippen LogP contribution in [0.3, 0.4) is 0 Å². The molecule has 0 spiro atoms. The van der Waals surface area contributed by atoms with Gasteiger partial charge in [-0.15, -0.1) is 0 Å². The summed E-state index contributed by atoms with van der Waals surface area (Å²) < 4.78 is 0. The number of nitrogens with zero attached hydrogens (tertiary/aromatic N) is 3. The van der Waals surface area contributed by atoms with E-state index < -0.39 is 0 Å². The molecule has 0 radical (unpaired) electrons. The number of rotatable bonds is 6. The topological polar surface area (TPSA) is 41.1 Å². The van der Waals surface area contributed by atoms with Crippen molar-refractivity contribution < 1.29 is 0 Å². The zero-order valence-corrected chi connectivity index (χ0v) is 16.6. The van der Waals surface area contributed by atoms with Gasteiger partial charge in [0.05, 0.1) is 0 Å². The number of halogens is 1. The molecule has 144 valence electrons. The number of piperidine rings is 1. The van der Waals surface area contributed by atoms with Crippen LogP contribution >= 0.6 is 11.6 Å². The predicted molar refractivity (Wildman–Crippen MR) is 116 cm³/mol. The lowest BCUT2D eigenvalue weighted by Crippen LogP contribution is -2.35. The fraction of sp³-hybridized carbons (Fsp3) is 0.304. The van der Waals surface area contributed by atoms with Gasteiger partial charge in [0, 0.05) is 30.9 Å². The van der Waals surface area contributed by atoms with Crippen LogP contribution in [-0.4, -0.2) is 23.1 Å². The number of hydrogen-bond acceptors (Lipinski definition) is 4. The Bertz CT molecular complexity index is 892. The molecule has 1 aliphatic rings. The maximum absolute atomic E-state index is 6.23. The van der Waals surface area contributed by atoms with Crippen molar-refractivity contribution in [3.63, 3.8) is 0 Å². The van der Waals surface area contributed by atoms with Crippen LogP contribution in [0.2, 0.25) is 5.02 Å².